The molecule has 0 unspecified atom stereocenters. The van der Waals surface area contributed by atoms with Gasteiger partial charge in [0.2, 0.25) is 0 Å². The molecule has 194 valence electrons. The van der Waals surface area contributed by atoms with Gasteiger partial charge in [0.1, 0.15) is 18.0 Å². The zero-order valence-electron chi connectivity index (χ0n) is 21.8. The summed E-state index contributed by atoms with van der Waals surface area (Å²) in [7, 11) is 0. The lowest BCUT2D eigenvalue weighted by Crippen LogP contribution is -2.52. The fraction of sp³-hybridized carbons (Fsp3) is 0.333. The number of para-hydroxylation sites is 1. The lowest BCUT2D eigenvalue weighted by molar-refractivity contribution is 0.0174. The van der Waals surface area contributed by atoms with Crippen molar-refractivity contribution in [2.75, 3.05) is 31.5 Å². The van der Waals surface area contributed by atoms with E-state index < -0.39 is 5.60 Å². The molecule has 1 fully saturated rings. The smallest absolute Gasteiger partial charge is 0.410 e. The summed E-state index contributed by atoms with van der Waals surface area (Å²) in [4.78, 5) is 28.3. The molecule has 1 N–H and O–H groups in total. The van der Waals surface area contributed by atoms with Crippen LogP contribution in [0.25, 0.3) is 0 Å². The van der Waals surface area contributed by atoms with Gasteiger partial charge in [-0.05, 0) is 68.1 Å². The van der Waals surface area contributed by atoms with Gasteiger partial charge in [-0.15, -0.1) is 0 Å². The van der Waals surface area contributed by atoms with Crippen LogP contribution in [0.3, 0.4) is 0 Å². The molecule has 3 aromatic rings. The molecule has 1 aliphatic heterocycles. The number of nitrogens with zero attached hydrogens (tertiary/aromatic N) is 2. The Hall–Kier alpha value is -4.00. The van der Waals surface area contributed by atoms with Crippen LogP contribution in [0.5, 0.6) is 5.75 Å². The van der Waals surface area contributed by atoms with Gasteiger partial charge in [0, 0.05) is 31.9 Å². The van der Waals surface area contributed by atoms with Crippen molar-refractivity contribution in [1.29, 1.82) is 0 Å². The van der Waals surface area contributed by atoms with Gasteiger partial charge in [-0.3, -0.25) is 0 Å². The number of ether oxygens (including phenoxy) is 2. The molecule has 4 rings (SSSR count). The normalized spacial score (nSPS) is 13.7. The Morgan fingerprint density at radius 2 is 1.30 bits per heavy atom. The number of carbonyl (C=O) groups is 2. The molecular formula is C30H35N3O4. The van der Waals surface area contributed by atoms with Crippen LogP contribution in [0.4, 0.5) is 15.3 Å². The number of hydrogen-bond donors (Lipinski definition) is 1. The van der Waals surface area contributed by atoms with Crippen LogP contribution in [-0.4, -0.2) is 53.7 Å². The van der Waals surface area contributed by atoms with E-state index >= 15 is 0 Å². The highest BCUT2D eigenvalue weighted by Crippen LogP contribution is 2.17. The molecule has 0 spiro atoms. The van der Waals surface area contributed by atoms with Gasteiger partial charge in [0.25, 0.3) is 0 Å². The first-order chi connectivity index (χ1) is 17.7. The molecular weight excluding hydrogens is 466 g/mol. The molecule has 0 bridgehead atoms. The van der Waals surface area contributed by atoms with Crippen molar-refractivity contribution in [1.82, 2.24) is 9.80 Å². The predicted molar refractivity (Wildman–Crippen MR) is 145 cm³/mol. The van der Waals surface area contributed by atoms with Gasteiger partial charge >= 0.3 is 12.1 Å². The van der Waals surface area contributed by atoms with E-state index in [0.29, 0.717) is 32.8 Å². The topological polar surface area (TPSA) is 71.1 Å². The van der Waals surface area contributed by atoms with Crippen LogP contribution < -0.4 is 10.1 Å². The fourth-order valence-corrected chi connectivity index (χ4v) is 4.00. The summed E-state index contributed by atoms with van der Waals surface area (Å²) in [6.45, 7) is 7.92. The number of urea groups is 1. The predicted octanol–water partition coefficient (Wildman–Crippen LogP) is 5.94. The van der Waals surface area contributed by atoms with E-state index in [0.717, 1.165) is 29.0 Å². The molecule has 1 saturated heterocycles. The average Bonchev–Trinajstić information content (AvgIpc) is 2.89. The first-order valence-corrected chi connectivity index (χ1v) is 12.6. The third kappa shape index (κ3) is 8.00. The first-order valence-electron chi connectivity index (χ1n) is 12.6. The second-order valence-corrected chi connectivity index (χ2v) is 10.2. The molecule has 0 aliphatic carbocycles. The summed E-state index contributed by atoms with van der Waals surface area (Å²) in [5.74, 6) is 0.863. The summed E-state index contributed by atoms with van der Waals surface area (Å²) in [5, 5.41) is 2.96. The zero-order valence-corrected chi connectivity index (χ0v) is 21.8. The van der Waals surface area contributed by atoms with Crippen LogP contribution in [-0.2, 0) is 17.8 Å². The monoisotopic (exact) mass is 501 g/mol. The lowest BCUT2D eigenvalue weighted by Gasteiger charge is -2.35. The van der Waals surface area contributed by atoms with Crippen LogP contribution in [0.1, 0.15) is 37.5 Å². The third-order valence-corrected chi connectivity index (χ3v) is 6.00. The van der Waals surface area contributed by atoms with E-state index in [9.17, 15) is 9.59 Å². The number of amides is 3. The van der Waals surface area contributed by atoms with Crippen LogP contribution in [0.15, 0.2) is 78.9 Å². The van der Waals surface area contributed by atoms with Crippen molar-refractivity contribution >= 4 is 17.8 Å². The largest absolute Gasteiger partial charge is 0.489 e. The number of hydrogen-bond acceptors (Lipinski definition) is 4. The zero-order chi connectivity index (χ0) is 26.3. The minimum Gasteiger partial charge on any atom is -0.489 e. The minimum atomic E-state index is -0.529. The van der Waals surface area contributed by atoms with E-state index in [1.54, 1.807) is 9.80 Å². The number of piperazine rings is 1. The highest BCUT2D eigenvalue weighted by Gasteiger charge is 2.27. The summed E-state index contributed by atoms with van der Waals surface area (Å²) in [5.41, 5.74) is 3.72. The molecule has 1 heterocycles. The number of benzene rings is 3. The number of nitrogens with one attached hydrogen (secondary N) is 1. The van der Waals surface area contributed by atoms with Crippen LogP contribution in [0, 0.1) is 0 Å². The van der Waals surface area contributed by atoms with Crippen LogP contribution in [0.2, 0.25) is 0 Å². The number of carbonyl (C=O) groups excluding carboxylic acids is 2. The molecule has 37 heavy (non-hydrogen) atoms. The molecule has 0 radical (unpaired) electrons. The summed E-state index contributed by atoms with van der Waals surface area (Å²) >= 11 is 0. The maximum atomic E-state index is 12.7. The van der Waals surface area contributed by atoms with Crippen molar-refractivity contribution in [3.8, 4) is 5.75 Å². The van der Waals surface area contributed by atoms with Crippen molar-refractivity contribution in [3.63, 3.8) is 0 Å². The molecule has 3 aromatic carbocycles. The Balaban J connectivity index is 1.22. The minimum absolute atomic E-state index is 0.162. The molecule has 0 aromatic heterocycles. The number of anilines is 1. The maximum Gasteiger partial charge on any atom is 0.410 e. The Bertz CT molecular complexity index is 1160. The van der Waals surface area contributed by atoms with Gasteiger partial charge in [-0.25, -0.2) is 9.59 Å². The summed E-state index contributed by atoms with van der Waals surface area (Å²) in [6.07, 6.45) is 0.471. The quantitative estimate of drug-likeness (QED) is 0.454. The molecule has 0 saturated carbocycles. The van der Waals surface area contributed by atoms with Crippen LogP contribution >= 0.6 is 0 Å². The highest BCUT2D eigenvalue weighted by molar-refractivity contribution is 5.89. The molecule has 0 atom stereocenters. The summed E-state index contributed by atoms with van der Waals surface area (Å²) < 4.78 is 11.2. The Morgan fingerprint density at radius 3 is 1.89 bits per heavy atom. The van der Waals surface area contributed by atoms with Crippen molar-refractivity contribution < 1.29 is 19.1 Å². The molecule has 1 aliphatic rings. The van der Waals surface area contributed by atoms with E-state index in [2.05, 4.69) is 29.6 Å². The van der Waals surface area contributed by atoms with Gasteiger partial charge < -0.3 is 24.6 Å². The lowest BCUT2D eigenvalue weighted by atomic mass is 10.0. The first kappa shape index (κ1) is 26.1. The molecule has 3 amide bonds. The van der Waals surface area contributed by atoms with E-state index in [-0.39, 0.29) is 12.1 Å². The Morgan fingerprint density at radius 1 is 0.757 bits per heavy atom. The van der Waals surface area contributed by atoms with E-state index in [4.69, 9.17) is 9.47 Å². The highest BCUT2D eigenvalue weighted by atomic mass is 16.6. The molecule has 7 nitrogen and oxygen atoms in total. The Kier molecular flexibility index (Phi) is 8.33. The SMILES string of the molecule is CC(C)(C)OC(=O)N1CCN(C(=O)Nc2ccc(Cc3ccc(COc4ccccc4)cc3)cc2)CC1. The van der Waals surface area contributed by atoms with Crippen molar-refractivity contribution in [3.05, 3.63) is 95.6 Å². The number of rotatable bonds is 6. The Labute approximate surface area is 219 Å². The average molecular weight is 502 g/mol. The van der Waals surface area contributed by atoms with Crippen molar-refractivity contribution in [2.45, 2.75) is 39.4 Å². The van der Waals surface area contributed by atoms with E-state index in [1.807, 2.05) is 75.4 Å². The second-order valence-electron chi connectivity index (χ2n) is 10.2. The summed E-state index contributed by atoms with van der Waals surface area (Å²) in [6, 6.07) is 26.0. The van der Waals surface area contributed by atoms with Gasteiger partial charge in [-0.2, -0.15) is 0 Å². The van der Waals surface area contributed by atoms with Gasteiger partial charge in [0.15, 0.2) is 0 Å². The standard InChI is InChI=1S/C30H35N3O4/c1-30(2,3)37-29(35)33-19-17-32(18-20-33)28(34)31-26-15-13-24(14-16-26)21-23-9-11-25(12-10-23)22-36-27-7-5-4-6-8-27/h4-16H,17-22H2,1-3H3,(H,31,34). The van der Waals surface area contributed by atoms with Crippen molar-refractivity contribution in [2.24, 2.45) is 0 Å². The fourth-order valence-electron chi connectivity index (χ4n) is 4.00. The van der Waals surface area contributed by atoms with E-state index in [1.165, 1.54) is 5.56 Å². The third-order valence-electron chi connectivity index (χ3n) is 6.00. The van der Waals surface area contributed by atoms with Gasteiger partial charge in [0.05, 0.1) is 0 Å². The van der Waals surface area contributed by atoms with Gasteiger partial charge in [-0.1, -0.05) is 54.6 Å². The second kappa shape index (κ2) is 11.8. The molecule has 7 heteroatoms. The maximum absolute atomic E-state index is 12.7.